The van der Waals surface area contributed by atoms with Crippen LogP contribution < -0.4 is 52.0 Å². The first kappa shape index (κ1) is 72.9. The lowest BCUT2D eigenvalue weighted by molar-refractivity contribution is 0.126. The highest BCUT2D eigenvalue weighted by molar-refractivity contribution is 5.99. The molecule has 1 saturated carbocycles. The van der Waals surface area contributed by atoms with Gasteiger partial charge in [0.05, 0.1) is 90.1 Å². The number of ether oxygens (including phenoxy) is 2. The van der Waals surface area contributed by atoms with E-state index in [0.29, 0.717) is 62.5 Å². The van der Waals surface area contributed by atoms with Crippen molar-refractivity contribution in [3.05, 3.63) is 268 Å². The minimum atomic E-state index is -0.228. The number of hydrogen-bond donors (Lipinski definition) is 9. The highest BCUT2D eigenvalue weighted by atomic mass is 19.1. The molecule has 4 aliphatic heterocycles. The van der Waals surface area contributed by atoms with Gasteiger partial charge in [0.2, 0.25) is 23.8 Å². The van der Waals surface area contributed by atoms with Crippen molar-refractivity contribution in [2.75, 3.05) is 75.9 Å². The summed E-state index contributed by atoms with van der Waals surface area (Å²) in [7, 11) is 1.68. The molecule has 0 atom stereocenters. The van der Waals surface area contributed by atoms with Crippen LogP contribution in [0.1, 0.15) is 36.8 Å². The van der Waals surface area contributed by atoms with Crippen LogP contribution in [0.15, 0.2) is 251 Å². The minimum absolute atomic E-state index is 0.176. The number of pyridine rings is 8. The van der Waals surface area contributed by atoms with Crippen LogP contribution in [0.2, 0.25) is 0 Å². The SMILES string of the molecule is COc1cccc(CCNc2ncc3c(n2)-c2cccnc2Nc2cnccc2-3)c1.Fc1cccc(CCNc2ncc3c(n2)-c2cccnc2Nc2cnccc2-3)c1.OC1CCC(Nc2ncc3c(n2)-c2cccnc2Nc2cnccc2-3)CC1.c1ccc(OCCNc2ncc3c(n2)-c2cccnc2Nc2cnccc2-3)cc1. The van der Waals surface area contributed by atoms with Crippen molar-refractivity contribution >= 4 is 69.8 Å². The van der Waals surface area contributed by atoms with Crippen LogP contribution in [0.25, 0.3) is 89.5 Å². The second-order valence-electron chi connectivity index (χ2n) is 27.2. The van der Waals surface area contributed by atoms with E-state index in [-0.39, 0.29) is 11.9 Å². The maximum Gasteiger partial charge on any atom is 0.223 e. The average molecular weight is 1520 g/mol. The lowest BCUT2D eigenvalue weighted by Crippen LogP contribution is -2.29. The molecule has 3 aromatic carbocycles. The molecular formula is C87H75FN24O3. The first-order valence-corrected chi connectivity index (χ1v) is 37.6. The average Bonchev–Trinajstić information content (AvgIpc) is 1.76. The third-order valence-electron chi connectivity index (χ3n) is 19.7. The van der Waals surface area contributed by atoms with Gasteiger partial charge in [-0.15, -0.1) is 0 Å². The van der Waals surface area contributed by atoms with Gasteiger partial charge in [-0.2, -0.15) is 0 Å². The van der Waals surface area contributed by atoms with Gasteiger partial charge < -0.3 is 57.1 Å². The van der Waals surface area contributed by atoms with Crippen molar-refractivity contribution in [2.45, 2.75) is 50.7 Å². The number of benzene rings is 3. The van der Waals surface area contributed by atoms with Crippen LogP contribution in [0.4, 0.5) is 74.2 Å². The van der Waals surface area contributed by atoms with E-state index < -0.39 is 0 Å². The summed E-state index contributed by atoms with van der Waals surface area (Å²) in [4.78, 5) is 72.1. The monoisotopic (exact) mass is 1520 g/mol. The summed E-state index contributed by atoms with van der Waals surface area (Å²) < 4.78 is 24.4. The normalized spacial score (nSPS) is 13.5. The highest BCUT2D eigenvalue weighted by Crippen LogP contribution is 2.47. The Morgan fingerprint density at radius 2 is 0.748 bits per heavy atom. The Morgan fingerprint density at radius 1 is 0.365 bits per heavy atom. The number of aromatic nitrogens is 16. The molecule has 16 heterocycles. The van der Waals surface area contributed by atoms with Gasteiger partial charge in [0, 0.05) is 160 Å². The number of nitrogens with zero attached hydrogens (tertiary/aromatic N) is 16. The molecule has 9 N–H and O–H groups in total. The Kier molecular flexibility index (Phi) is 21.6. The quantitative estimate of drug-likeness (QED) is 0.0406. The zero-order valence-electron chi connectivity index (χ0n) is 62.2. The third-order valence-corrected chi connectivity index (χ3v) is 19.7. The maximum absolute atomic E-state index is 13.3. The van der Waals surface area contributed by atoms with Gasteiger partial charge in [-0.25, -0.2) is 64.2 Å². The number of aliphatic hydroxyl groups is 1. The van der Waals surface area contributed by atoms with Crippen molar-refractivity contribution < 1.29 is 19.0 Å². The van der Waals surface area contributed by atoms with E-state index in [2.05, 4.69) is 108 Å². The summed E-state index contributed by atoms with van der Waals surface area (Å²) in [6.07, 6.45) is 33.4. The summed E-state index contributed by atoms with van der Waals surface area (Å²) in [5.74, 6) is 6.73. The molecule has 1 fully saturated rings. The summed E-state index contributed by atoms with van der Waals surface area (Å²) in [6, 6.07) is 48.1. The second-order valence-corrected chi connectivity index (χ2v) is 27.2. The summed E-state index contributed by atoms with van der Waals surface area (Å²) in [5.41, 5.74) is 20.4. The van der Waals surface area contributed by atoms with Gasteiger partial charge in [0.15, 0.2) is 0 Å². The number of halogens is 1. The number of rotatable bonds is 16. The molecule has 568 valence electrons. The molecule has 0 unspecified atom stereocenters. The molecule has 0 radical (unpaired) electrons. The second kappa shape index (κ2) is 34.1. The molecule has 15 aromatic rings. The zero-order chi connectivity index (χ0) is 77.7. The Labute approximate surface area is 660 Å². The van der Waals surface area contributed by atoms with E-state index in [1.54, 1.807) is 87.5 Å². The van der Waals surface area contributed by atoms with Crippen LogP contribution in [0.3, 0.4) is 0 Å². The molecule has 20 rings (SSSR count). The number of hydrogen-bond acceptors (Lipinski definition) is 27. The van der Waals surface area contributed by atoms with Crippen LogP contribution in [-0.2, 0) is 12.8 Å². The lowest BCUT2D eigenvalue weighted by atomic mass is 9.93. The molecule has 0 amide bonds. The number of methoxy groups -OCH3 is 1. The van der Waals surface area contributed by atoms with E-state index in [0.717, 1.165) is 185 Å². The zero-order valence-corrected chi connectivity index (χ0v) is 62.2. The standard InChI is InChI=1S/C23H20N6O.C22H17FN6.C22H18N6O.C20H20N6O/c1-30-16-5-2-4-15(12-16)7-11-26-23-27-13-19-17-8-10-24-14-20(17)28-22-18(21(19)29-23)6-3-9-25-22;23-15-4-1-3-14(11-15)6-10-26-22-27-12-18-16-7-9-24-13-19(16)28-21-17(20(18)29-22)5-2-8-25-21;1-2-5-15(6-3-1)29-12-11-25-22-26-13-18-16-8-10-23-14-19(16)27-21-17(20(18)28-22)7-4-9-24-21;27-13-5-3-12(4-6-13)24-20-23-10-16-14-7-9-21-11-17(14)25-19-15(18(16)26-20)2-1-8-22-19/h2-6,8-10,12-14H,7,11H2,1H3,(H,25,28)(H,26,27,29);1-5,7-9,11-13H,6,10H2,(H,25,28)(H,26,27,29);1-10,13-14H,11-12H2,(H,24,27)(H,25,26,28);1-2,7-13,27H,3-6H2,(H,22,25)(H,23,24,26). The first-order chi connectivity index (χ1) is 56.7. The topological polar surface area (TPSA) is 341 Å². The molecule has 115 heavy (non-hydrogen) atoms. The Hall–Kier alpha value is -14.9. The van der Waals surface area contributed by atoms with Crippen molar-refractivity contribution in [3.8, 4) is 101 Å². The predicted molar refractivity (Wildman–Crippen MR) is 443 cm³/mol. The predicted octanol–water partition coefficient (Wildman–Crippen LogP) is 16.3. The fraction of sp³-hybridized carbons (Fsp3) is 0.149. The number of anilines is 12. The third kappa shape index (κ3) is 16.8. The van der Waals surface area contributed by atoms with Gasteiger partial charge in [0.25, 0.3) is 0 Å². The van der Waals surface area contributed by atoms with Crippen LogP contribution in [0.5, 0.6) is 11.5 Å². The molecule has 1 aliphatic carbocycles. The largest absolute Gasteiger partial charge is 0.497 e. The van der Waals surface area contributed by atoms with Gasteiger partial charge >= 0.3 is 0 Å². The number of nitrogens with one attached hydrogen (secondary N) is 8. The minimum Gasteiger partial charge on any atom is -0.497 e. The summed E-state index contributed by atoms with van der Waals surface area (Å²) in [5, 5.41) is 36.4. The van der Waals surface area contributed by atoms with Gasteiger partial charge in [-0.1, -0.05) is 42.5 Å². The summed E-state index contributed by atoms with van der Waals surface area (Å²) in [6.45, 7) is 2.41. The molecule has 0 bridgehead atoms. The van der Waals surface area contributed by atoms with Crippen LogP contribution in [-0.4, -0.2) is 130 Å². The molecule has 0 saturated heterocycles. The smallest absolute Gasteiger partial charge is 0.223 e. The Bertz CT molecular complexity index is 5980. The van der Waals surface area contributed by atoms with E-state index >= 15 is 0 Å². The summed E-state index contributed by atoms with van der Waals surface area (Å²) >= 11 is 0. The van der Waals surface area contributed by atoms with E-state index in [4.69, 9.17) is 29.4 Å². The van der Waals surface area contributed by atoms with Gasteiger partial charge in [-0.05, 0) is 159 Å². The van der Waals surface area contributed by atoms with Gasteiger partial charge in [0.1, 0.15) is 47.2 Å². The molecule has 27 nitrogen and oxygen atoms in total. The first-order valence-electron chi connectivity index (χ1n) is 37.6. The Balaban J connectivity index is 0.000000111. The fourth-order valence-corrected chi connectivity index (χ4v) is 14.1. The van der Waals surface area contributed by atoms with Crippen molar-refractivity contribution in [1.82, 2.24) is 79.7 Å². The van der Waals surface area contributed by atoms with E-state index in [1.807, 2.05) is 152 Å². The van der Waals surface area contributed by atoms with E-state index in [1.165, 1.54) is 17.7 Å². The molecule has 0 spiro atoms. The Morgan fingerprint density at radius 3 is 1.17 bits per heavy atom. The van der Waals surface area contributed by atoms with Crippen molar-refractivity contribution in [1.29, 1.82) is 0 Å². The lowest BCUT2D eigenvalue weighted by Gasteiger charge is -2.26. The molecule has 12 aromatic heterocycles. The molecule has 28 heteroatoms. The van der Waals surface area contributed by atoms with Crippen LogP contribution >= 0.6 is 0 Å². The van der Waals surface area contributed by atoms with E-state index in [9.17, 15) is 9.50 Å². The fourth-order valence-electron chi connectivity index (χ4n) is 14.1. The van der Waals surface area contributed by atoms with Crippen molar-refractivity contribution in [3.63, 3.8) is 0 Å². The van der Waals surface area contributed by atoms with Crippen molar-refractivity contribution in [2.24, 2.45) is 0 Å². The highest BCUT2D eigenvalue weighted by Gasteiger charge is 2.28. The van der Waals surface area contributed by atoms with Gasteiger partial charge in [-0.3, -0.25) is 19.9 Å². The molecule has 5 aliphatic rings. The molecular weight excluding hydrogens is 1450 g/mol. The number of para-hydroxylation sites is 1. The number of aliphatic hydroxyl groups excluding tert-OH is 1. The van der Waals surface area contributed by atoms with Crippen LogP contribution in [0, 0.1) is 5.82 Å². The number of fused-ring (bicyclic) bond motifs is 20. The maximum atomic E-state index is 13.3.